The number of hydrogen-bond acceptors (Lipinski definition) is 7. The molecule has 9 nitrogen and oxygen atoms in total. The molecule has 2 aromatic carbocycles. The van der Waals surface area contributed by atoms with Crippen LogP contribution in [0, 0.1) is 0 Å². The summed E-state index contributed by atoms with van der Waals surface area (Å²) in [5, 5.41) is 4.48. The second-order valence-electron chi connectivity index (χ2n) is 8.18. The summed E-state index contributed by atoms with van der Waals surface area (Å²) in [6.45, 7) is 0.257. The Morgan fingerprint density at radius 3 is 2.34 bits per heavy atom. The molecule has 0 amide bonds. The van der Waals surface area contributed by atoms with Crippen LogP contribution in [0.25, 0.3) is 22.6 Å². The largest absolute Gasteiger partial charge is 0.369 e. The maximum Gasteiger partial charge on any atom is 0.267 e. The third-order valence-electron chi connectivity index (χ3n) is 5.04. The van der Waals surface area contributed by atoms with Crippen LogP contribution in [0.1, 0.15) is 5.56 Å². The molecule has 0 bridgehead atoms. The lowest BCUT2D eigenvalue weighted by Gasteiger charge is -2.09. The monoisotopic (exact) mass is 488 g/mol. The van der Waals surface area contributed by atoms with Crippen LogP contribution in [-0.4, -0.2) is 59.8 Å². The van der Waals surface area contributed by atoms with Crippen molar-refractivity contribution in [2.75, 3.05) is 20.4 Å². The van der Waals surface area contributed by atoms with Crippen molar-refractivity contribution >= 4 is 21.9 Å². The van der Waals surface area contributed by atoms with Crippen molar-refractivity contribution in [3.8, 4) is 22.6 Å². The van der Waals surface area contributed by atoms with Gasteiger partial charge in [0.1, 0.15) is 5.69 Å². The molecule has 178 valence electrons. The quantitative estimate of drug-likeness (QED) is 0.290. The lowest BCUT2D eigenvalue weighted by atomic mass is 10.1. The zero-order valence-corrected chi connectivity index (χ0v) is 20.3. The van der Waals surface area contributed by atoms with Crippen LogP contribution in [0.3, 0.4) is 0 Å². The van der Waals surface area contributed by atoms with Crippen LogP contribution in [0.4, 0.5) is 5.69 Å². The zero-order valence-electron chi connectivity index (χ0n) is 19.5. The third-order valence-corrected chi connectivity index (χ3v) is 6.17. The van der Waals surface area contributed by atoms with Gasteiger partial charge < -0.3 is 4.90 Å². The van der Waals surface area contributed by atoms with E-state index in [0.29, 0.717) is 22.8 Å². The molecule has 0 N–H and O–H groups in total. The summed E-state index contributed by atoms with van der Waals surface area (Å²) in [6.07, 6.45) is 6.14. The Balaban J connectivity index is 1.57. The second-order valence-corrected chi connectivity index (χ2v) is 10.2. The van der Waals surface area contributed by atoms with Gasteiger partial charge in [-0.25, -0.2) is 28.1 Å². The van der Waals surface area contributed by atoms with Crippen LogP contribution in [0.5, 0.6) is 0 Å². The van der Waals surface area contributed by atoms with Gasteiger partial charge in [-0.2, -0.15) is 5.10 Å². The van der Waals surface area contributed by atoms with E-state index in [9.17, 15) is 13.2 Å². The molecule has 0 saturated carbocycles. The smallest absolute Gasteiger partial charge is 0.267 e. The number of aliphatic imine (C=N–C) groups is 1. The molecule has 0 radical (unpaired) electrons. The highest BCUT2D eigenvalue weighted by Gasteiger charge is 2.10. The number of sulfone groups is 1. The van der Waals surface area contributed by atoms with Gasteiger partial charge in [0.25, 0.3) is 5.56 Å². The Morgan fingerprint density at radius 1 is 0.971 bits per heavy atom. The molecule has 0 aliphatic carbocycles. The Kier molecular flexibility index (Phi) is 6.83. The van der Waals surface area contributed by atoms with Gasteiger partial charge in [0.05, 0.1) is 35.9 Å². The molecule has 4 rings (SSSR count). The van der Waals surface area contributed by atoms with Crippen LogP contribution < -0.4 is 5.56 Å². The molecule has 35 heavy (non-hydrogen) atoms. The number of hydrogen-bond donors (Lipinski definition) is 0. The van der Waals surface area contributed by atoms with E-state index in [4.69, 9.17) is 0 Å². The molecular weight excluding hydrogens is 464 g/mol. The van der Waals surface area contributed by atoms with Crippen molar-refractivity contribution in [1.29, 1.82) is 0 Å². The van der Waals surface area contributed by atoms with Crippen LogP contribution in [-0.2, 0) is 16.4 Å². The fourth-order valence-corrected chi connectivity index (χ4v) is 3.92. The molecule has 10 heteroatoms. The Labute approximate surface area is 203 Å². The van der Waals surface area contributed by atoms with Gasteiger partial charge in [0, 0.05) is 37.5 Å². The number of aromatic nitrogens is 4. The highest BCUT2D eigenvalue weighted by molar-refractivity contribution is 7.90. The first-order valence-corrected chi connectivity index (χ1v) is 12.6. The van der Waals surface area contributed by atoms with Gasteiger partial charge in [-0.05, 0) is 29.8 Å². The normalized spacial score (nSPS) is 11.6. The van der Waals surface area contributed by atoms with Crippen LogP contribution in [0.15, 0.2) is 87.7 Å². The van der Waals surface area contributed by atoms with Crippen molar-refractivity contribution in [2.45, 2.75) is 11.4 Å². The zero-order chi connectivity index (χ0) is 25.0. The minimum Gasteiger partial charge on any atom is -0.369 e. The molecule has 0 unspecified atom stereocenters. The minimum absolute atomic E-state index is 0.228. The molecule has 0 saturated heterocycles. The SMILES string of the molecule is CN(C)/C=N/c1cnc(-c2cccc(Cn3nc(-c4ccc(S(C)(=O)=O)cc4)ccc3=O)c2)nc1. The van der Waals surface area contributed by atoms with Crippen molar-refractivity contribution in [3.05, 3.63) is 89.0 Å². The van der Waals surface area contributed by atoms with E-state index >= 15 is 0 Å². The molecule has 0 aliphatic rings. The first-order chi connectivity index (χ1) is 16.7. The minimum atomic E-state index is -3.29. The highest BCUT2D eigenvalue weighted by atomic mass is 32.2. The summed E-state index contributed by atoms with van der Waals surface area (Å²) < 4.78 is 24.8. The summed E-state index contributed by atoms with van der Waals surface area (Å²) in [4.78, 5) is 27.6. The van der Waals surface area contributed by atoms with Gasteiger partial charge in [0.2, 0.25) is 0 Å². The summed E-state index contributed by atoms with van der Waals surface area (Å²) in [5.41, 5.74) is 3.36. The predicted molar refractivity (Wildman–Crippen MR) is 135 cm³/mol. The third kappa shape index (κ3) is 6.04. The van der Waals surface area contributed by atoms with E-state index in [1.54, 1.807) is 36.9 Å². The maximum atomic E-state index is 12.5. The lowest BCUT2D eigenvalue weighted by molar-refractivity contribution is 0.602. The summed E-state index contributed by atoms with van der Waals surface area (Å²) in [6, 6.07) is 17.1. The standard InChI is InChI=1S/C25H24N6O3S/c1-30(2)17-28-21-14-26-25(27-15-21)20-6-4-5-18(13-20)16-31-24(32)12-11-23(29-31)19-7-9-22(10-8-19)35(3,33)34/h4-15,17H,16H2,1-3H3/b28-17+. The molecule has 0 fully saturated rings. The molecule has 0 atom stereocenters. The predicted octanol–water partition coefficient (Wildman–Crippen LogP) is 3.04. The lowest BCUT2D eigenvalue weighted by Crippen LogP contribution is -2.22. The summed E-state index contributed by atoms with van der Waals surface area (Å²) in [7, 11) is 0.479. The van der Waals surface area contributed by atoms with Crippen molar-refractivity contribution in [2.24, 2.45) is 4.99 Å². The fraction of sp³-hybridized carbons (Fsp3) is 0.160. The van der Waals surface area contributed by atoms with Gasteiger partial charge in [-0.3, -0.25) is 4.79 Å². The van der Waals surface area contributed by atoms with Crippen LogP contribution >= 0.6 is 0 Å². The Morgan fingerprint density at radius 2 is 1.69 bits per heavy atom. The molecule has 2 aromatic heterocycles. The van der Waals surface area contributed by atoms with Crippen molar-refractivity contribution < 1.29 is 8.42 Å². The van der Waals surface area contributed by atoms with E-state index in [1.807, 2.05) is 43.3 Å². The van der Waals surface area contributed by atoms with Crippen LogP contribution in [0.2, 0.25) is 0 Å². The second kappa shape index (κ2) is 9.98. The summed E-state index contributed by atoms with van der Waals surface area (Å²) >= 11 is 0. The van der Waals surface area contributed by atoms with Gasteiger partial charge in [-0.15, -0.1) is 0 Å². The van der Waals surface area contributed by atoms with E-state index in [0.717, 1.165) is 17.4 Å². The van der Waals surface area contributed by atoms with Gasteiger partial charge >= 0.3 is 0 Å². The van der Waals surface area contributed by atoms with E-state index in [-0.39, 0.29) is 17.0 Å². The molecule has 4 aromatic rings. The average Bonchev–Trinajstić information content (AvgIpc) is 2.84. The van der Waals surface area contributed by atoms with E-state index < -0.39 is 9.84 Å². The highest BCUT2D eigenvalue weighted by Crippen LogP contribution is 2.20. The van der Waals surface area contributed by atoms with Gasteiger partial charge in [0.15, 0.2) is 15.7 Å². The Bertz CT molecular complexity index is 1530. The summed E-state index contributed by atoms with van der Waals surface area (Å²) in [5.74, 6) is 0.552. The average molecular weight is 489 g/mol. The van der Waals surface area contributed by atoms with Crippen molar-refractivity contribution in [1.82, 2.24) is 24.6 Å². The van der Waals surface area contributed by atoms with E-state index in [1.165, 1.54) is 22.9 Å². The number of rotatable bonds is 7. The molecular formula is C25H24N6O3S. The number of benzene rings is 2. The number of nitrogens with zero attached hydrogens (tertiary/aromatic N) is 6. The molecule has 2 heterocycles. The molecule has 0 aliphatic heterocycles. The first kappa shape index (κ1) is 24.0. The van der Waals surface area contributed by atoms with E-state index in [2.05, 4.69) is 20.1 Å². The van der Waals surface area contributed by atoms with Crippen molar-refractivity contribution in [3.63, 3.8) is 0 Å². The fourth-order valence-electron chi connectivity index (χ4n) is 3.29. The topological polar surface area (TPSA) is 110 Å². The Hall–Kier alpha value is -4.18. The first-order valence-electron chi connectivity index (χ1n) is 10.7. The maximum absolute atomic E-state index is 12.5. The molecule has 0 spiro atoms. The van der Waals surface area contributed by atoms with Gasteiger partial charge in [-0.1, -0.05) is 30.3 Å².